The van der Waals surface area contributed by atoms with Crippen LogP contribution in [0.4, 0.5) is 11.5 Å². The average Bonchev–Trinajstić information content (AvgIpc) is 3.00. The molecule has 2 heterocycles. The molecule has 9 nitrogen and oxygen atoms in total. The van der Waals surface area contributed by atoms with Crippen molar-refractivity contribution in [3.63, 3.8) is 0 Å². The van der Waals surface area contributed by atoms with Crippen LogP contribution in [0.3, 0.4) is 0 Å². The van der Waals surface area contributed by atoms with E-state index in [1.54, 1.807) is 30.0 Å². The number of nitrogens with one attached hydrogen (secondary N) is 1. The number of carbonyl (C=O) groups excluding carboxylic acids is 1. The topological polar surface area (TPSA) is 116 Å². The van der Waals surface area contributed by atoms with E-state index in [-0.39, 0.29) is 5.69 Å². The Balaban J connectivity index is 1.83. The number of nitro groups is 1. The minimum Gasteiger partial charge on any atom is -0.306 e. The lowest BCUT2D eigenvalue weighted by atomic mass is 10.1. The lowest BCUT2D eigenvalue weighted by Gasteiger charge is -2.08. The van der Waals surface area contributed by atoms with Gasteiger partial charge in [-0.25, -0.2) is 15.0 Å². The number of imidazole rings is 1. The summed E-state index contributed by atoms with van der Waals surface area (Å²) in [5, 5.41) is 13.5. The first kappa shape index (κ1) is 16.2. The van der Waals surface area contributed by atoms with Gasteiger partial charge in [-0.05, 0) is 26.0 Å². The molecular weight excluding hydrogens is 324 g/mol. The van der Waals surface area contributed by atoms with Crippen molar-refractivity contribution in [1.82, 2.24) is 19.5 Å². The van der Waals surface area contributed by atoms with Crippen molar-refractivity contribution in [2.45, 2.75) is 13.8 Å². The summed E-state index contributed by atoms with van der Waals surface area (Å²) in [6, 6.07) is 5.80. The largest absolute Gasteiger partial charge is 0.306 e. The van der Waals surface area contributed by atoms with E-state index in [4.69, 9.17) is 0 Å². The first-order valence-electron chi connectivity index (χ1n) is 7.34. The van der Waals surface area contributed by atoms with E-state index in [1.807, 2.05) is 6.92 Å². The summed E-state index contributed by atoms with van der Waals surface area (Å²) >= 11 is 0. The van der Waals surface area contributed by atoms with Crippen LogP contribution in [0.1, 0.15) is 21.7 Å². The van der Waals surface area contributed by atoms with Gasteiger partial charge in [0.2, 0.25) is 0 Å². The molecule has 1 aromatic carbocycles. The van der Waals surface area contributed by atoms with Crippen LogP contribution >= 0.6 is 0 Å². The molecule has 9 heteroatoms. The Morgan fingerprint density at radius 3 is 2.64 bits per heavy atom. The van der Waals surface area contributed by atoms with Gasteiger partial charge < -0.3 is 5.32 Å². The van der Waals surface area contributed by atoms with E-state index in [9.17, 15) is 14.9 Å². The Hall–Kier alpha value is -3.62. The van der Waals surface area contributed by atoms with E-state index in [0.29, 0.717) is 22.8 Å². The zero-order chi connectivity index (χ0) is 18.0. The van der Waals surface area contributed by atoms with Gasteiger partial charge in [0.1, 0.15) is 23.8 Å². The second kappa shape index (κ2) is 6.48. The van der Waals surface area contributed by atoms with Gasteiger partial charge in [0.15, 0.2) is 0 Å². The molecule has 1 amide bonds. The number of benzene rings is 1. The van der Waals surface area contributed by atoms with Crippen molar-refractivity contribution in [2.24, 2.45) is 0 Å². The number of nitro benzene ring substituents is 1. The SMILES string of the molecule is Cc1cc(C(=O)Nc2cc(-n3ccnc3C)ncn2)ccc1[N+](=O)[O-]. The fourth-order valence-electron chi connectivity index (χ4n) is 2.36. The number of hydrogen-bond acceptors (Lipinski definition) is 6. The van der Waals surface area contributed by atoms with Gasteiger partial charge >= 0.3 is 0 Å². The number of anilines is 1. The number of nitrogens with zero attached hydrogens (tertiary/aromatic N) is 5. The Bertz CT molecular complexity index is 966. The molecule has 0 saturated heterocycles. The first-order valence-corrected chi connectivity index (χ1v) is 7.34. The molecule has 0 aliphatic rings. The fourth-order valence-corrected chi connectivity index (χ4v) is 2.36. The fraction of sp³-hybridized carbons (Fsp3) is 0.125. The summed E-state index contributed by atoms with van der Waals surface area (Å²) < 4.78 is 1.76. The summed E-state index contributed by atoms with van der Waals surface area (Å²) in [6.07, 6.45) is 4.74. The second-order valence-corrected chi connectivity index (χ2v) is 5.32. The molecule has 3 rings (SSSR count). The van der Waals surface area contributed by atoms with Crippen molar-refractivity contribution in [2.75, 3.05) is 5.32 Å². The van der Waals surface area contributed by atoms with Gasteiger partial charge in [-0.15, -0.1) is 0 Å². The monoisotopic (exact) mass is 338 g/mol. The molecule has 0 aliphatic carbocycles. The van der Waals surface area contributed by atoms with Gasteiger partial charge in [0.25, 0.3) is 11.6 Å². The molecule has 126 valence electrons. The van der Waals surface area contributed by atoms with Crippen molar-refractivity contribution >= 4 is 17.4 Å². The van der Waals surface area contributed by atoms with Crippen LogP contribution in [0.5, 0.6) is 0 Å². The predicted octanol–water partition coefficient (Wildman–Crippen LogP) is 2.44. The Labute approximate surface area is 142 Å². The third-order valence-electron chi connectivity index (χ3n) is 3.62. The highest BCUT2D eigenvalue weighted by Crippen LogP contribution is 2.19. The third kappa shape index (κ3) is 3.34. The smallest absolute Gasteiger partial charge is 0.272 e. The summed E-state index contributed by atoms with van der Waals surface area (Å²) in [5.74, 6) is 1.23. The maximum Gasteiger partial charge on any atom is 0.272 e. The van der Waals surface area contributed by atoms with Gasteiger partial charge in [-0.2, -0.15) is 0 Å². The van der Waals surface area contributed by atoms with Crippen LogP contribution in [-0.4, -0.2) is 30.3 Å². The first-order chi connectivity index (χ1) is 12.0. The van der Waals surface area contributed by atoms with Gasteiger partial charge in [-0.3, -0.25) is 19.5 Å². The van der Waals surface area contributed by atoms with Crippen LogP contribution < -0.4 is 5.32 Å². The molecule has 0 spiro atoms. The molecule has 0 unspecified atom stereocenters. The van der Waals surface area contributed by atoms with Crippen LogP contribution in [0, 0.1) is 24.0 Å². The third-order valence-corrected chi connectivity index (χ3v) is 3.62. The van der Waals surface area contributed by atoms with Crippen molar-refractivity contribution < 1.29 is 9.72 Å². The number of amides is 1. The number of aromatic nitrogens is 4. The molecule has 2 aromatic heterocycles. The molecule has 0 saturated carbocycles. The zero-order valence-corrected chi connectivity index (χ0v) is 13.5. The lowest BCUT2D eigenvalue weighted by Crippen LogP contribution is -2.14. The van der Waals surface area contributed by atoms with Crippen LogP contribution in [-0.2, 0) is 0 Å². The standard InChI is InChI=1S/C16H14N6O3/c1-10-7-12(3-4-13(10)22(24)25)16(23)20-14-8-15(19-9-18-14)21-6-5-17-11(21)2/h3-9H,1-2H3,(H,18,19,20,23). The number of rotatable bonds is 4. The van der Waals surface area contributed by atoms with E-state index < -0.39 is 10.8 Å². The van der Waals surface area contributed by atoms with Crippen LogP contribution in [0.15, 0.2) is 43.0 Å². The van der Waals surface area contributed by atoms with Gasteiger partial charge in [-0.1, -0.05) is 0 Å². The Morgan fingerprint density at radius 2 is 2.00 bits per heavy atom. The minimum absolute atomic E-state index is 0.0311. The van der Waals surface area contributed by atoms with E-state index in [0.717, 1.165) is 5.82 Å². The molecule has 0 bridgehead atoms. The van der Waals surface area contributed by atoms with Crippen molar-refractivity contribution in [1.29, 1.82) is 0 Å². The summed E-state index contributed by atoms with van der Waals surface area (Å²) in [6.45, 7) is 3.42. The maximum atomic E-state index is 12.4. The molecule has 3 aromatic rings. The van der Waals surface area contributed by atoms with E-state index >= 15 is 0 Å². The highest BCUT2D eigenvalue weighted by Gasteiger charge is 2.14. The van der Waals surface area contributed by atoms with E-state index in [1.165, 1.54) is 24.5 Å². The molecule has 0 radical (unpaired) electrons. The summed E-state index contributed by atoms with van der Waals surface area (Å²) in [5.41, 5.74) is 0.689. The van der Waals surface area contributed by atoms with E-state index in [2.05, 4.69) is 20.3 Å². The number of carbonyl (C=O) groups is 1. The van der Waals surface area contributed by atoms with Crippen LogP contribution in [0.2, 0.25) is 0 Å². The van der Waals surface area contributed by atoms with Gasteiger partial charge in [0, 0.05) is 35.7 Å². The minimum atomic E-state index is -0.485. The maximum absolute atomic E-state index is 12.4. The normalized spacial score (nSPS) is 10.5. The molecular formula is C16H14N6O3. The number of aryl methyl sites for hydroxylation is 2. The molecule has 0 fully saturated rings. The van der Waals surface area contributed by atoms with Crippen molar-refractivity contribution in [3.05, 3.63) is 70.1 Å². The van der Waals surface area contributed by atoms with Gasteiger partial charge in [0.05, 0.1) is 4.92 Å². The molecule has 25 heavy (non-hydrogen) atoms. The molecule has 1 N–H and O–H groups in total. The Kier molecular flexibility index (Phi) is 4.21. The Morgan fingerprint density at radius 1 is 1.20 bits per heavy atom. The quantitative estimate of drug-likeness (QED) is 0.577. The lowest BCUT2D eigenvalue weighted by molar-refractivity contribution is -0.385. The molecule has 0 atom stereocenters. The average molecular weight is 338 g/mol. The van der Waals surface area contributed by atoms with Crippen LogP contribution in [0.25, 0.3) is 5.82 Å². The highest BCUT2D eigenvalue weighted by atomic mass is 16.6. The second-order valence-electron chi connectivity index (χ2n) is 5.32. The predicted molar refractivity (Wildman–Crippen MR) is 89.7 cm³/mol. The number of hydrogen-bond donors (Lipinski definition) is 1. The zero-order valence-electron chi connectivity index (χ0n) is 13.5. The highest BCUT2D eigenvalue weighted by molar-refractivity contribution is 6.04. The summed E-state index contributed by atoms with van der Waals surface area (Å²) in [4.78, 5) is 35.0. The van der Waals surface area contributed by atoms with Crippen molar-refractivity contribution in [3.8, 4) is 5.82 Å². The molecule has 0 aliphatic heterocycles. The summed E-state index contributed by atoms with van der Waals surface area (Å²) in [7, 11) is 0.